The highest BCUT2D eigenvalue weighted by Crippen LogP contribution is 2.19. The highest BCUT2D eigenvalue weighted by atomic mass is 35.5. The van der Waals surface area contributed by atoms with Gasteiger partial charge in [-0.25, -0.2) is 9.67 Å². The van der Waals surface area contributed by atoms with Crippen LogP contribution in [0.25, 0.3) is 11.0 Å². The fourth-order valence-electron chi connectivity index (χ4n) is 2.36. The molecule has 6 heteroatoms. The minimum absolute atomic E-state index is 0.111. The Labute approximate surface area is 133 Å². The van der Waals surface area contributed by atoms with Crippen LogP contribution in [-0.2, 0) is 12.1 Å². The molecule has 2 aromatic heterocycles. The summed E-state index contributed by atoms with van der Waals surface area (Å²) in [5.74, 6) is 0. The molecular formula is C16H17ClN4O. The number of nitrogens with zero attached hydrogens (tertiary/aromatic N) is 4. The van der Waals surface area contributed by atoms with E-state index in [4.69, 9.17) is 11.6 Å². The third kappa shape index (κ3) is 2.52. The quantitative estimate of drug-likeness (QED) is 0.730. The van der Waals surface area contributed by atoms with Crippen molar-refractivity contribution >= 4 is 22.6 Å². The van der Waals surface area contributed by atoms with E-state index in [-0.39, 0.29) is 11.1 Å². The molecule has 3 aromatic rings. The Bertz CT molecular complexity index is 889. The van der Waals surface area contributed by atoms with Crippen molar-refractivity contribution in [3.05, 3.63) is 57.7 Å². The first-order valence-corrected chi connectivity index (χ1v) is 7.43. The van der Waals surface area contributed by atoms with Gasteiger partial charge in [-0.15, -0.1) is 0 Å². The van der Waals surface area contributed by atoms with E-state index in [2.05, 4.69) is 10.1 Å². The van der Waals surface area contributed by atoms with Crippen LogP contribution < -0.4 is 5.56 Å². The molecule has 0 aliphatic heterocycles. The molecule has 3 rings (SSSR count). The van der Waals surface area contributed by atoms with Gasteiger partial charge in [0, 0.05) is 5.02 Å². The summed E-state index contributed by atoms with van der Waals surface area (Å²) in [5.41, 5.74) is 1.15. The minimum Gasteiger partial charge on any atom is -0.294 e. The van der Waals surface area contributed by atoms with Crippen molar-refractivity contribution in [1.82, 2.24) is 19.3 Å². The van der Waals surface area contributed by atoms with Crippen molar-refractivity contribution in [2.75, 3.05) is 0 Å². The number of hydrogen-bond acceptors (Lipinski definition) is 3. The van der Waals surface area contributed by atoms with E-state index in [1.165, 1.54) is 0 Å². The number of hydrogen-bond donors (Lipinski definition) is 0. The number of rotatable bonds is 2. The molecule has 1 aromatic carbocycles. The van der Waals surface area contributed by atoms with Crippen molar-refractivity contribution in [1.29, 1.82) is 0 Å². The van der Waals surface area contributed by atoms with E-state index >= 15 is 0 Å². The Hall–Kier alpha value is -2.14. The summed E-state index contributed by atoms with van der Waals surface area (Å²) in [7, 11) is 0. The zero-order valence-electron chi connectivity index (χ0n) is 12.7. The smallest absolute Gasteiger partial charge is 0.264 e. The molecule has 114 valence electrons. The van der Waals surface area contributed by atoms with Gasteiger partial charge in [0.05, 0.1) is 18.3 Å². The van der Waals surface area contributed by atoms with Crippen LogP contribution in [0.4, 0.5) is 0 Å². The minimum atomic E-state index is -0.226. The van der Waals surface area contributed by atoms with Gasteiger partial charge in [-0.05, 0) is 32.4 Å². The van der Waals surface area contributed by atoms with Crippen molar-refractivity contribution in [2.45, 2.75) is 32.9 Å². The van der Waals surface area contributed by atoms with E-state index in [0.717, 1.165) is 5.56 Å². The van der Waals surface area contributed by atoms with Crippen molar-refractivity contribution < 1.29 is 0 Å². The van der Waals surface area contributed by atoms with Gasteiger partial charge in [0.1, 0.15) is 11.7 Å². The third-order valence-electron chi connectivity index (χ3n) is 3.49. The summed E-state index contributed by atoms with van der Waals surface area (Å²) < 4.78 is 3.32. The zero-order valence-corrected chi connectivity index (χ0v) is 13.5. The van der Waals surface area contributed by atoms with Crippen molar-refractivity contribution in [3.63, 3.8) is 0 Å². The Morgan fingerprint density at radius 3 is 2.64 bits per heavy atom. The molecule has 0 amide bonds. The summed E-state index contributed by atoms with van der Waals surface area (Å²) in [6.07, 6.45) is 3.14. The Morgan fingerprint density at radius 1 is 1.23 bits per heavy atom. The monoisotopic (exact) mass is 316 g/mol. The van der Waals surface area contributed by atoms with Gasteiger partial charge in [0.2, 0.25) is 0 Å². The fraction of sp³-hybridized carbons (Fsp3) is 0.312. The van der Waals surface area contributed by atoms with Gasteiger partial charge < -0.3 is 0 Å². The van der Waals surface area contributed by atoms with E-state index in [0.29, 0.717) is 22.6 Å². The molecule has 0 aliphatic carbocycles. The van der Waals surface area contributed by atoms with Crippen LogP contribution in [-0.4, -0.2) is 19.3 Å². The van der Waals surface area contributed by atoms with Crippen LogP contribution in [0, 0.1) is 0 Å². The molecule has 0 aliphatic rings. The zero-order chi connectivity index (χ0) is 15.9. The topological polar surface area (TPSA) is 52.7 Å². The van der Waals surface area contributed by atoms with Crippen molar-refractivity contribution in [3.8, 4) is 0 Å². The lowest BCUT2D eigenvalue weighted by atomic mass is 10.1. The standard InChI is InChI=1S/C16H17ClN4O/c1-16(2,3)21-14-12(8-19-21)15(22)20(10-18-14)9-11-6-4-5-7-13(11)17/h4-8,10H,9H2,1-3H3. The summed E-state index contributed by atoms with van der Waals surface area (Å²) in [4.78, 5) is 17.0. The first kappa shape index (κ1) is 14.8. The molecule has 0 radical (unpaired) electrons. The highest BCUT2D eigenvalue weighted by Gasteiger charge is 2.19. The second kappa shape index (κ2) is 5.25. The summed E-state index contributed by atoms with van der Waals surface area (Å²) >= 11 is 6.16. The maximum atomic E-state index is 12.6. The predicted molar refractivity (Wildman–Crippen MR) is 87.3 cm³/mol. The third-order valence-corrected chi connectivity index (χ3v) is 3.86. The summed E-state index contributed by atoms with van der Waals surface area (Å²) in [5, 5.41) is 5.46. The molecule has 0 bridgehead atoms. The average molecular weight is 317 g/mol. The van der Waals surface area contributed by atoms with Crippen LogP contribution in [0.1, 0.15) is 26.3 Å². The number of halogens is 1. The predicted octanol–water partition coefficient (Wildman–Crippen LogP) is 3.05. The van der Waals surface area contributed by atoms with Crippen LogP contribution in [0.15, 0.2) is 41.6 Å². The molecule has 0 N–H and O–H groups in total. The average Bonchev–Trinajstić information content (AvgIpc) is 2.89. The molecule has 0 fully saturated rings. The summed E-state index contributed by atoms with van der Waals surface area (Å²) in [6.45, 7) is 6.46. The maximum Gasteiger partial charge on any atom is 0.264 e. The van der Waals surface area contributed by atoms with E-state index in [1.807, 2.05) is 45.0 Å². The van der Waals surface area contributed by atoms with E-state index < -0.39 is 0 Å². The lowest BCUT2D eigenvalue weighted by Crippen LogP contribution is -2.25. The molecule has 2 heterocycles. The number of benzene rings is 1. The van der Waals surface area contributed by atoms with Crippen LogP contribution in [0.3, 0.4) is 0 Å². The van der Waals surface area contributed by atoms with Gasteiger partial charge in [-0.3, -0.25) is 9.36 Å². The van der Waals surface area contributed by atoms with Crippen LogP contribution >= 0.6 is 11.6 Å². The lowest BCUT2D eigenvalue weighted by Gasteiger charge is -2.19. The van der Waals surface area contributed by atoms with Gasteiger partial charge in [-0.1, -0.05) is 29.8 Å². The van der Waals surface area contributed by atoms with E-state index in [9.17, 15) is 4.79 Å². The van der Waals surface area contributed by atoms with Gasteiger partial charge in [0.25, 0.3) is 5.56 Å². The molecule has 5 nitrogen and oxygen atoms in total. The highest BCUT2D eigenvalue weighted by molar-refractivity contribution is 6.31. The van der Waals surface area contributed by atoms with Crippen LogP contribution in [0.2, 0.25) is 5.02 Å². The second-order valence-corrected chi connectivity index (χ2v) is 6.64. The Morgan fingerprint density at radius 2 is 1.95 bits per heavy atom. The van der Waals surface area contributed by atoms with Gasteiger partial charge in [-0.2, -0.15) is 5.10 Å². The molecule has 0 spiro atoms. The van der Waals surface area contributed by atoms with Crippen LogP contribution in [0.5, 0.6) is 0 Å². The fourth-order valence-corrected chi connectivity index (χ4v) is 2.56. The van der Waals surface area contributed by atoms with Gasteiger partial charge >= 0.3 is 0 Å². The van der Waals surface area contributed by atoms with Gasteiger partial charge in [0.15, 0.2) is 5.65 Å². The molecule has 0 saturated carbocycles. The second-order valence-electron chi connectivity index (χ2n) is 6.23. The first-order valence-electron chi connectivity index (χ1n) is 7.05. The SMILES string of the molecule is CC(C)(C)n1ncc2c(=O)n(Cc3ccccc3Cl)cnc21. The molecule has 0 saturated heterocycles. The summed E-state index contributed by atoms with van der Waals surface area (Å²) in [6, 6.07) is 7.47. The lowest BCUT2D eigenvalue weighted by molar-refractivity contribution is 0.365. The molecular weight excluding hydrogens is 300 g/mol. The Kier molecular flexibility index (Phi) is 3.53. The Balaban J connectivity index is 2.09. The molecule has 22 heavy (non-hydrogen) atoms. The normalized spacial score (nSPS) is 12.0. The number of fused-ring (bicyclic) bond motifs is 1. The maximum absolute atomic E-state index is 12.6. The first-order chi connectivity index (χ1) is 10.4. The molecule has 0 atom stereocenters. The largest absolute Gasteiger partial charge is 0.294 e. The number of aromatic nitrogens is 4. The van der Waals surface area contributed by atoms with Crippen molar-refractivity contribution in [2.24, 2.45) is 0 Å². The molecule has 0 unspecified atom stereocenters. The van der Waals surface area contributed by atoms with E-state index in [1.54, 1.807) is 21.8 Å².